The molecule has 0 bridgehead atoms. The van der Waals surface area contributed by atoms with Crippen LogP contribution in [0.25, 0.3) is 11.3 Å². The first-order valence-electron chi connectivity index (χ1n) is 7.14. The number of non-ortho nitro benzene ring substituents is 1. The first-order chi connectivity index (χ1) is 12.1. The second-order valence-electron chi connectivity index (χ2n) is 5.01. The Labute approximate surface area is 147 Å². The SMILES string of the molecule is O=Cc1cc([N+](=O)[O-])ccc1OCc1ncc(-c2ccc(Cl)cc2)o1. The van der Waals surface area contributed by atoms with Crippen LogP contribution in [0.3, 0.4) is 0 Å². The maximum absolute atomic E-state index is 11.1. The highest BCUT2D eigenvalue weighted by molar-refractivity contribution is 6.30. The van der Waals surface area contributed by atoms with Gasteiger partial charge in [0.1, 0.15) is 5.75 Å². The fourth-order valence-corrected chi connectivity index (χ4v) is 2.26. The number of nitro benzene ring substituents is 1. The molecule has 0 aliphatic rings. The Kier molecular flexibility index (Phi) is 4.76. The molecule has 7 nitrogen and oxygen atoms in total. The molecule has 1 aromatic heterocycles. The van der Waals surface area contributed by atoms with Gasteiger partial charge in [0.05, 0.1) is 16.7 Å². The van der Waals surface area contributed by atoms with Crippen LogP contribution in [-0.4, -0.2) is 16.2 Å². The van der Waals surface area contributed by atoms with E-state index in [0.29, 0.717) is 23.0 Å². The summed E-state index contributed by atoms with van der Waals surface area (Å²) in [6, 6.07) is 10.9. The lowest BCUT2D eigenvalue weighted by Crippen LogP contribution is -1.99. The monoisotopic (exact) mass is 358 g/mol. The van der Waals surface area contributed by atoms with Crippen LogP contribution in [0.15, 0.2) is 53.1 Å². The Morgan fingerprint density at radius 3 is 2.68 bits per heavy atom. The average Bonchev–Trinajstić information content (AvgIpc) is 3.09. The van der Waals surface area contributed by atoms with Gasteiger partial charge in [-0.3, -0.25) is 14.9 Å². The van der Waals surface area contributed by atoms with Crippen molar-refractivity contribution in [2.24, 2.45) is 0 Å². The van der Waals surface area contributed by atoms with E-state index < -0.39 is 4.92 Å². The van der Waals surface area contributed by atoms with Crippen molar-refractivity contribution in [1.29, 1.82) is 0 Å². The molecule has 2 aromatic carbocycles. The van der Waals surface area contributed by atoms with E-state index in [-0.39, 0.29) is 23.6 Å². The Balaban J connectivity index is 1.73. The van der Waals surface area contributed by atoms with E-state index in [2.05, 4.69) is 4.98 Å². The molecule has 0 aliphatic carbocycles. The lowest BCUT2D eigenvalue weighted by molar-refractivity contribution is -0.384. The summed E-state index contributed by atoms with van der Waals surface area (Å²) in [6.07, 6.45) is 2.05. The van der Waals surface area contributed by atoms with Crippen molar-refractivity contribution in [2.75, 3.05) is 0 Å². The fourth-order valence-electron chi connectivity index (χ4n) is 2.14. The average molecular weight is 359 g/mol. The van der Waals surface area contributed by atoms with E-state index in [4.69, 9.17) is 20.8 Å². The molecule has 3 rings (SSSR count). The molecular weight excluding hydrogens is 348 g/mol. The van der Waals surface area contributed by atoms with Crippen LogP contribution in [0.2, 0.25) is 5.02 Å². The maximum Gasteiger partial charge on any atom is 0.270 e. The van der Waals surface area contributed by atoms with Crippen molar-refractivity contribution in [1.82, 2.24) is 4.98 Å². The van der Waals surface area contributed by atoms with Gasteiger partial charge in [-0.1, -0.05) is 11.6 Å². The largest absolute Gasteiger partial charge is 0.483 e. The molecule has 0 saturated carbocycles. The minimum atomic E-state index is -0.580. The predicted octanol–water partition coefficient (Wildman–Crippen LogP) is 4.29. The highest BCUT2D eigenvalue weighted by atomic mass is 35.5. The molecule has 8 heteroatoms. The summed E-state index contributed by atoms with van der Waals surface area (Å²) in [5, 5.41) is 11.4. The minimum absolute atomic E-state index is 0.0216. The number of rotatable bonds is 6. The first kappa shape index (κ1) is 16.7. The number of aldehydes is 1. The molecule has 0 radical (unpaired) electrons. The standard InChI is InChI=1S/C17H11ClN2O5/c18-13-3-1-11(2-4-13)16-8-19-17(25-16)10-24-15-6-5-14(20(22)23)7-12(15)9-21/h1-9H,10H2. The summed E-state index contributed by atoms with van der Waals surface area (Å²) >= 11 is 5.84. The smallest absolute Gasteiger partial charge is 0.270 e. The number of carbonyl (C=O) groups excluding carboxylic acids is 1. The molecule has 0 unspecified atom stereocenters. The fraction of sp³-hybridized carbons (Fsp3) is 0.0588. The Morgan fingerprint density at radius 2 is 2.00 bits per heavy atom. The summed E-state index contributed by atoms with van der Waals surface area (Å²) in [4.78, 5) is 25.3. The highest BCUT2D eigenvalue weighted by Gasteiger charge is 2.13. The number of carbonyl (C=O) groups is 1. The van der Waals surface area contributed by atoms with Crippen molar-refractivity contribution in [2.45, 2.75) is 6.61 Å². The van der Waals surface area contributed by atoms with Crippen LogP contribution < -0.4 is 4.74 Å². The van der Waals surface area contributed by atoms with E-state index in [1.807, 2.05) is 0 Å². The predicted molar refractivity (Wildman–Crippen MR) is 89.8 cm³/mol. The zero-order chi connectivity index (χ0) is 17.8. The van der Waals surface area contributed by atoms with E-state index >= 15 is 0 Å². The normalized spacial score (nSPS) is 10.4. The van der Waals surface area contributed by atoms with E-state index in [9.17, 15) is 14.9 Å². The number of hydrogen-bond donors (Lipinski definition) is 0. The Hall–Kier alpha value is -3.19. The zero-order valence-electron chi connectivity index (χ0n) is 12.7. The quantitative estimate of drug-likeness (QED) is 0.370. The van der Waals surface area contributed by atoms with Gasteiger partial charge >= 0.3 is 0 Å². The van der Waals surface area contributed by atoms with Crippen molar-refractivity contribution in [3.05, 3.63) is 75.3 Å². The van der Waals surface area contributed by atoms with Gasteiger partial charge in [0.25, 0.3) is 5.69 Å². The second-order valence-corrected chi connectivity index (χ2v) is 5.45. The highest BCUT2D eigenvalue weighted by Crippen LogP contribution is 2.25. The minimum Gasteiger partial charge on any atom is -0.483 e. The molecule has 25 heavy (non-hydrogen) atoms. The van der Waals surface area contributed by atoms with Crippen molar-refractivity contribution in [3.63, 3.8) is 0 Å². The number of hydrogen-bond acceptors (Lipinski definition) is 6. The number of aromatic nitrogens is 1. The summed E-state index contributed by atoms with van der Waals surface area (Å²) in [5.74, 6) is 1.07. The van der Waals surface area contributed by atoms with E-state index in [1.165, 1.54) is 12.1 Å². The molecule has 0 fully saturated rings. The molecule has 0 atom stereocenters. The molecular formula is C17H11ClN2O5. The molecule has 0 aliphatic heterocycles. The first-order valence-corrected chi connectivity index (χ1v) is 7.51. The number of halogens is 1. The van der Waals surface area contributed by atoms with E-state index in [0.717, 1.165) is 11.6 Å². The van der Waals surface area contributed by atoms with Gasteiger partial charge in [0, 0.05) is 22.7 Å². The van der Waals surface area contributed by atoms with Gasteiger partial charge in [-0.15, -0.1) is 0 Å². The summed E-state index contributed by atoms with van der Waals surface area (Å²) in [7, 11) is 0. The third kappa shape index (κ3) is 3.84. The van der Waals surface area contributed by atoms with Crippen LogP contribution in [-0.2, 0) is 6.61 Å². The van der Waals surface area contributed by atoms with Gasteiger partial charge in [0.2, 0.25) is 5.89 Å². The lowest BCUT2D eigenvalue weighted by Gasteiger charge is -2.06. The van der Waals surface area contributed by atoms with E-state index in [1.54, 1.807) is 30.5 Å². The molecule has 126 valence electrons. The third-order valence-electron chi connectivity index (χ3n) is 3.36. The molecule has 0 amide bonds. The summed E-state index contributed by atoms with van der Waals surface area (Å²) in [6.45, 7) is -0.0216. The Morgan fingerprint density at radius 1 is 1.24 bits per heavy atom. The number of nitrogens with zero attached hydrogens (tertiary/aromatic N) is 2. The van der Waals surface area contributed by atoms with Crippen molar-refractivity contribution < 1.29 is 18.9 Å². The zero-order valence-corrected chi connectivity index (χ0v) is 13.5. The van der Waals surface area contributed by atoms with Crippen LogP contribution in [0, 0.1) is 10.1 Å². The molecule has 0 N–H and O–H groups in total. The van der Waals surface area contributed by atoms with Crippen molar-refractivity contribution in [3.8, 4) is 17.1 Å². The lowest BCUT2D eigenvalue weighted by atomic mass is 10.2. The molecule has 0 saturated heterocycles. The molecule has 1 heterocycles. The molecule has 0 spiro atoms. The summed E-state index contributed by atoms with van der Waals surface area (Å²) < 4.78 is 11.1. The van der Waals surface area contributed by atoms with Crippen molar-refractivity contribution >= 4 is 23.6 Å². The van der Waals surface area contributed by atoms with Gasteiger partial charge < -0.3 is 9.15 Å². The topological polar surface area (TPSA) is 95.5 Å². The number of nitro groups is 1. The number of oxazole rings is 1. The van der Waals surface area contributed by atoms with Crippen LogP contribution in [0.1, 0.15) is 16.2 Å². The van der Waals surface area contributed by atoms with Gasteiger partial charge in [0.15, 0.2) is 18.7 Å². The number of ether oxygens (including phenoxy) is 1. The second kappa shape index (κ2) is 7.14. The molecule has 3 aromatic rings. The Bertz CT molecular complexity index is 921. The van der Waals surface area contributed by atoms with Crippen LogP contribution in [0.4, 0.5) is 5.69 Å². The maximum atomic E-state index is 11.1. The third-order valence-corrected chi connectivity index (χ3v) is 3.62. The van der Waals surface area contributed by atoms with Gasteiger partial charge in [-0.2, -0.15) is 0 Å². The number of benzene rings is 2. The summed E-state index contributed by atoms with van der Waals surface area (Å²) in [5.41, 5.74) is 0.710. The van der Waals surface area contributed by atoms with Crippen LogP contribution >= 0.6 is 11.6 Å². The van der Waals surface area contributed by atoms with Gasteiger partial charge in [-0.25, -0.2) is 4.98 Å². The van der Waals surface area contributed by atoms with Crippen LogP contribution in [0.5, 0.6) is 5.75 Å². The van der Waals surface area contributed by atoms with Gasteiger partial charge in [-0.05, 0) is 30.3 Å².